The second kappa shape index (κ2) is 11.9. The van der Waals surface area contributed by atoms with E-state index in [2.05, 4.69) is 66.4 Å². The van der Waals surface area contributed by atoms with Crippen LogP contribution in [0.5, 0.6) is 11.5 Å². The summed E-state index contributed by atoms with van der Waals surface area (Å²) in [6.07, 6.45) is 1.45. The van der Waals surface area contributed by atoms with Crippen LogP contribution in [0.25, 0.3) is 6.08 Å². The molecule has 7 nitrogen and oxygen atoms in total. The van der Waals surface area contributed by atoms with Crippen LogP contribution in [0.4, 0.5) is 10.5 Å². The number of halogens is 3. The van der Waals surface area contributed by atoms with Gasteiger partial charge >= 0.3 is 6.03 Å². The fourth-order valence-corrected chi connectivity index (χ4v) is 5.02. The number of benzene rings is 3. The minimum Gasteiger partial charge on any atom is -0.490 e. The molecule has 1 saturated heterocycles. The molecular formula is C27H21BrI2N2O5. The van der Waals surface area contributed by atoms with E-state index in [1.807, 2.05) is 38.1 Å². The molecule has 1 aliphatic heterocycles. The summed E-state index contributed by atoms with van der Waals surface area (Å²) in [6.45, 7) is 4.47. The first kappa shape index (κ1) is 27.6. The van der Waals surface area contributed by atoms with Crippen molar-refractivity contribution in [3.63, 3.8) is 0 Å². The van der Waals surface area contributed by atoms with Crippen LogP contribution in [-0.2, 0) is 16.2 Å². The maximum absolute atomic E-state index is 13.3. The fraction of sp³-hybridized carbons (Fsp3) is 0.148. The third kappa shape index (κ3) is 6.34. The van der Waals surface area contributed by atoms with Crippen molar-refractivity contribution in [1.29, 1.82) is 0 Å². The summed E-state index contributed by atoms with van der Waals surface area (Å²) in [5, 5.41) is 2.26. The van der Waals surface area contributed by atoms with Gasteiger partial charge in [0.25, 0.3) is 11.8 Å². The first-order valence-corrected chi connectivity index (χ1v) is 14.1. The normalized spacial score (nSPS) is 14.7. The second-order valence-corrected chi connectivity index (χ2v) is 11.3. The third-order valence-electron chi connectivity index (χ3n) is 5.44. The van der Waals surface area contributed by atoms with Crippen LogP contribution in [0.1, 0.15) is 23.6 Å². The van der Waals surface area contributed by atoms with E-state index in [1.54, 1.807) is 30.3 Å². The number of imide groups is 2. The fourth-order valence-electron chi connectivity index (χ4n) is 3.64. The molecule has 1 heterocycles. The van der Waals surface area contributed by atoms with Crippen molar-refractivity contribution < 1.29 is 23.9 Å². The predicted molar refractivity (Wildman–Crippen MR) is 162 cm³/mol. The van der Waals surface area contributed by atoms with Gasteiger partial charge in [0.1, 0.15) is 12.2 Å². The Kier molecular flexibility index (Phi) is 8.90. The lowest BCUT2D eigenvalue weighted by molar-refractivity contribution is -0.122. The Balaban J connectivity index is 1.66. The van der Waals surface area contributed by atoms with Gasteiger partial charge in [0.15, 0.2) is 11.5 Å². The van der Waals surface area contributed by atoms with Crippen molar-refractivity contribution in [3.8, 4) is 11.5 Å². The summed E-state index contributed by atoms with van der Waals surface area (Å²) >= 11 is 7.80. The van der Waals surface area contributed by atoms with E-state index in [1.165, 1.54) is 6.08 Å². The van der Waals surface area contributed by atoms with Gasteiger partial charge in [-0.1, -0.05) is 28.1 Å². The molecule has 0 aromatic heterocycles. The minimum absolute atomic E-state index is 0.161. The van der Waals surface area contributed by atoms with Gasteiger partial charge in [-0.15, -0.1) is 0 Å². The second-order valence-electron chi connectivity index (χ2n) is 8.07. The number of carbonyl (C=O) groups excluding carboxylic acids is 3. The van der Waals surface area contributed by atoms with Crippen molar-refractivity contribution >= 4 is 90.7 Å². The monoisotopic (exact) mass is 786 g/mol. The Morgan fingerprint density at radius 1 is 1.00 bits per heavy atom. The summed E-state index contributed by atoms with van der Waals surface area (Å²) in [7, 11) is 0. The minimum atomic E-state index is -0.794. The molecule has 0 aliphatic carbocycles. The molecule has 1 aliphatic rings. The van der Waals surface area contributed by atoms with E-state index in [0.29, 0.717) is 36.0 Å². The largest absolute Gasteiger partial charge is 0.490 e. The average molecular weight is 787 g/mol. The van der Waals surface area contributed by atoms with Gasteiger partial charge in [-0.05, 0) is 124 Å². The summed E-state index contributed by atoms with van der Waals surface area (Å²) in [5.74, 6) is -0.397. The number of urea groups is 1. The van der Waals surface area contributed by atoms with Crippen LogP contribution in [0.3, 0.4) is 0 Å². The highest BCUT2D eigenvalue weighted by Gasteiger charge is 2.37. The predicted octanol–water partition coefficient (Wildman–Crippen LogP) is 6.61. The summed E-state index contributed by atoms with van der Waals surface area (Å²) in [6, 6.07) is 15.8. The lowest BCUT2D eigenvalue weighted by atomic mass is 10.1. The Morgan fingerprint density at radius 2 is 1.73 bits per heavy atom. The number of nitrogens with zero attached hydrogens (tertiary/aromatic N) is 1. The molecule has 0 unspecified atom stereocenters. The molecule has 10 heteroatoms. The summed E-state index contributed by atoms with van der Waals surface area (Å²) in [5.41, 5.74) is 2.63. The van der Waals surface area contributed by atoms with E-state index >= 15 is 0 Å². The average Bonchev–Trinajstić information content (AvgIpc) is 2.84. The number of anilines is 1. The van der Waals surface area contributed by atoms with Gasteiger partial charge in [-0.3, -0.25) is 14.9 Å². The van der Waals surface area contributed by atoms with Crippen molar-refractivity contribution in [2.45, 2.75) is 20.5 Å². The molecule has 0 atom stereocenters. The first-order chi connectivity index (χ1) is 17.7. The number of aryl methyl sites for hydroxylation is 1. The van der Waals surface area contributed by atoms with Crippen LogP contribution in [-0.4, -0.2) is 24.5 Å². The van der Waals surface area contributed by atoms with Crippen molar-refractivity contribution in [3.05, 3.63) is 88.5 Å². The van der Waals surface area contributed by atoms with Crippen LogP contribution >= 0.6 is 61.1 Å². The van der Waals surface area contributed by atoms with Crippen molar-refractivity contribution in [2.75, 3.05) is 11.5 Å². The first-order valence-electron chi connectivity index (χ1n) is 11.2. The molecule has 0 saturated carbocycles. The molecule has 4 rings (SSSR count). The number of carbonyl (C=O) groups is 3. The smallest absolute Gasteiger partial charge is 0.335 e. The van der Waals surface area contributed by atoms with Crippen LogP contribution < -0.4 is 19.7 Å². The van der Waals surface area contributed by atoms with Crippen LogP contribution in [0, 0.1) is 14.1 Å². The molecule has 0 radical (unpaired) electrons. The Bertz CT molecular complexity index is 1420. The molecule has 0 bridgehead atoms. The standard InChI is InChI=1S/C27H21BrI2N2O5/c1-3-36-23-13-17(12-22(30)24(23)37-14-16-4-6-18(29)7-5-16)11-20-25(33)31-27(35)32(26(20)34)19-8-9-21(28)15(2)10-19/h4-13H,3,14H2,1-2H3,(H,31,33,35)/b20-11+. The number of rotatable bonds is 7. The number of nitrogens with one attached hydrogen (secondary N) is 1. The molecule has 1 fully saturated rings. The summed E-state index contributed by atoms with van der Waals surface area (Å²) < 4.78 is 14.6. The molecule has 4 amide bonds. The van der Waals surface area contributed by atoms with Gasteiger partial charge in [0, 0.05) is 8.04 Å². The highest BCUT2D eigenvalue weighted by Crippen LogP contribution is 2.36. The zero-order chi connectivity index (χ0) is 26.7. The van der Waals surface area contributed by atoms with Crippen molar-refractivity contribution in [1.82, 2.24) is 5.32 Å². The maximum atomic E-state index is 13.3. The Hall–Kier alpha value is -2.45. The molecule has 3 aromatic carbocycles. The lowest BCUT2D eigenvalue weighted by Gasteiger charge is -2.26. The van der Waals surface area contributed by atoms with E-state index in [4.69, 9.17) is 9.47 Å². The lowest BCUT2D eigenvalue weighted by Crippen LogP contribution is -2.54. The third-order valence-corrected chi connectivity index (χ3v) is 7.85. The van der Waals surface area contributed by atoms with Gasteiger partial charge in [-0.25, -0.2) is 9.69 Å². The highest BCUT2D eigenvalue weighted by molar-refractivity contribution is 14.1. The molecule has 0 spiro atoms. The van der Waals surface area contributed by atoms with Gasteiger partial charge in [0.2, 0.25) is 0 Å². The van der Waals surface area contributed by atoms with E-state index in [-0.39, 0.29) is 5.57 Å². The summed E-state index contributed by atoms with van der Waals surface area (Å²) in [4.78, 5) is 39.5. The molecule has 190 valence electrons. The van der Waals surface area contributed by atoms with E-state index < -0.39 is 17.8 Å². The number of barbiturate groups is 1. The molecule has 3 aromatic rings. The van der Waals surface area contributed by atoms with E-state index in [9.17, 15) is 14.4 Å². The number of amides is 4. The van der Waals surface area contributed by atoms with Crippen LogP contribution in [0.15, 0.2) is 64.6 Å². The van der Waals surface area contributed by atoms with Crippen LogP contribution in [0.2, 0.25) is 0 Å². The number of hydrogen-bond donors (Lipinski definition) is 1. The SMILES string of the molecule is CCOc1cc(/C=C2\C(=O)NC(=O)N(c3ccc(Br)c(C)c3)C2=O)cc(I)c1OCc1ccc(I)cc1. The Morgan fingerprint density at radius 3 is 2.41 bits per heavy atom. The van der Waals surface area contributed by atoms with Gasteiger partial charge in [-0.2, -0.15) is 0 Å². The number of hydrogen-bond acceptors (Lipinski definition) is 5. The quantitative estimate of drug-likeness (QED) is 0.166. The molecular weight excluding hydrogens is 766 g/mol. The zero-order valence-corrected chi connectivity index (χ0v) is 25.7. The van der Waals surface area contributed by atoms with Gasteiger partial charge < -0.3 is 9.47 Å². The van der Waals surface area contributed by atoms with Crippen molar-refractivity contribution in [2.24, 2.45) is 0 Å². The topological polar surface area (TPSA) is 84.9 Å². The Labute approximate surface area is 250 Å². The van der Waals surface area contributed by atoms with E-state index in [0.717, 1.165) is 27.6 Å². The van der Waals surface area contributed by atoms with Gasteiger partial charge in [0.05, 0.1) is 15.9 Å². The highest BCUT2D eigenvalue weighted by atomic mass is 127. The maximum Gasteiger partial charge on any atom is 0.335 e. The molecule has 1 N–H and O–H groups in total. The number of ether oxygens (including phenoxy) is 2. The zero-order valence-electron chi connectivity index (χ0n) is 19.8. The molecule has 37 heavy (non-hydrogen) atoms.